The Balaban J connectivity index is 0.00000176. The van der Waals surface area contributed by atoms with E-state index in [4.69, 9.17) is 10.3 Å². The molecule has 0 radical (unpaired) electrons. The molecular weight excluding hydrogens is 304 g/mol. The van der Waals surface area contributed by atoms with Gasteiger partial charge in [-0.2, -0.15) is 4.98 Å². The van der Waals surface area contributed by atoms with Crippen LogP contribution in [0.4, 0.5) is 5.69 Å². The van der Waals surface area contributed by atoms with E-state index in [-0.39, 0.29) is 24.2 Å². The number of anilines is 1. The number of aryl methyl sites for hydroxylation is 1. The largest absolute Gasteiger partial charge is 0.399 e. The number of benzene rings is 1. The van der Waals surface area contributed by atoms with Crippen LogP contribution in [0.25, 0.3) is 0 Å². The van der Waals surface area contributed by atoms with Crippen LogP contribution >= 0.6 is 12.4 Å². The van der Waals surface area contributed by atoms with Crippen LogP contribution in [-0.4, -0.2) is 34.0 Å². The van der Waals surface area contributed by atoms with Crippen LogP contribution in [0, 0.1) is 6.92 Å². The summed E-state index contributed by atoms with van der Waals surface area (Å²) < 4.78 is 5.22. The molecular formula is C15H19ClN4O2. The number of likely N-dealkylation sites (tertiary alicyclic amines) is 1. The van der Waals surface area contributed by atoms with E-state index in [9.17, 15) is 4.79 Å². The van der Waals surface area contributed by atoms with Gasteiger partial charge in [0.1, 0.15) is 0 Å². The third kappa shape index (κ3) is 3.39. The first kappa shape index (κ1) is 16.3. The van der Waals surface area contributed by atoms with Crippen molar-refractivity contribution in [2.45, 2.75) is 25.7 Å². The van der Waals surface area contributed by atoms with Crippen molar-refractivity contribution >= 4 is 24.0 Å². The molecule has 7 heteroatoms. The highest BCUT2D eigenvalue weighted by atomic mass is 35.5. The molecule has 22 heavy (non-hydrogen) atoms. The van der Waals surface area contributed by atoms with Crippen LogP contribution in [0.1, 0.15) is 40.8 Å². The minimum absolute atomic E-state index is 0. The van der Waals surface area contributed by atoms with E-state index in [1.165, 1.54) is 0 Å². The third-order valence-corrected chi connectivity index (χ3v) is 3.81. The Morgan fingerprint density at radius 1 is 1.36 bits per heavy atom. The Labute approximate surface area is 135 Å². The molecule has 2 heterocycles. The summed E-state index contributed by atoms with van der Waals surface area (Å²) >= 11 is 0. The average molecular weight is 323 g/mol. The van der Waals surface area contributed by atoms with Crippen LogP contribution in [0.5, 0.6) is 0 Å². The number of nitrogens with zero attached hydrogens (tertiary/aromatic N) is 3. The van der Waals surface area contributed by atoms with Gasteiger partial charge in [-0.1, -0.05) is 11.2 Å². The molecule has 2 N–H and O–H groups in total. The minimum atomic E-state index is 0. The second-order valence-corrected chi connectivity index (χ2v) is 5.37. The van der Waals surface area contributed by atoms with E-state index >= 15 is 0 Å². The van der Waals surface area contributed by atoms with Crippen LogP contribution < -0.4 is 5.73 Å². The summed E-state index contributed by atoms with van der Waals surface area (Å²) in [5, 5.41) is 3.82. The molecule has 0 bridgehead atoms. The standard InChI is InChI=1S/C15H18N4O2.ClH/c1-10-17-14(21-18-10)11-5-7-19(8-6-11)15(20)12-3-2-4-13(16)9-12;/h2-4,9,11H,5-8,16H2,1H3;1H. The predicted molar refractivity (Wildman–Crippen MR) is 85.0 cm³/mol. The molecule has 0 saturated carbocycles. The molecule has 1 fully saturated rings. The molecule has 118 valence electrons. The third-order valence-electron chi connectivity index (χ3n) is 3.81. The van der Waals surface area contributed by atoms with Crippen LogP contribution in [0.15, 0.2) is 28.8 Å². The lowest BCUT2D eigenvalue weighted by atomic mass is 9.96. The van der Waals surface area contributed by atoms with Crippen LogP contribution in [0.2, 0.25) is 0 Å². The first-order valence-corrected chi connectivity index (χ1v) is 7.08. The van der Waals surface area contributed by atoms with Gasteiger partial charge >= 0.3 is 0 Å². The normalized spacial score (nSPS) is 15.4. The molecule has 1 aliphatic heterocycles. The zero-order valence-corrected chi connectivity index (χ0v) is 13.2. The van der Waals surface area contributed by atoms with Crippen molar-refractivity contribution in [2.24, 2.45) is 0 Å². The zero-order valence-electron chi connectivity index (χ0n) is 12.4. The number of piperidine rings is 1. The van der Waals surface area contributed by atoms with Gasteiger partial charge in [-0.25, -0.2) is 0 Å². The summed E-state index contributed by atoms with van der Waals surface area (Å²) in [7, 11) is 0. The van der Waals surface area contributed by atoms with Gasteiger partial charge in [0, 0.05) is 30.3 Å². The Bertz CT molecular complexity index is 650. The molecule has 1 amide bonds. The fraction of sp³-hybridized carbons (Fsp3) is 0.400. The number of carbonyl (C=O) groups is 1. The van der Waals surface area contributed by atoms with Crippen molar-refractivity contribution in [3.63, 3.8) is 0 Å². The lowest BCUT2D eigenvalue weighted by Crippen LogP contribution is -2.38. The van der Waals surface area contributed by atoms with Crippen molar-refractivity contribution in [1.29, 1.82) is 0 Å². The van der Waals surface area contributed by atoms with Gasteiger partial charge < -0.3 is 15.2 Å². The van der Waals surface area contributed by atoms with Gasteiger partial charge in [0.25, 0.3) is 5.91 Å². The summed E-state index contributed by atoms with van der Waals surface area (Å²) in [5.41, 5.74) is 6.98. The van der Waals surface area contributed by atoms with Crippen molar-refractivity contribution in [3.05, 3.63) is 41.5 Å². The predicted octanol–water partition coefficient (Wildman–Crippen LogP) is 2.40. The van der Waals surface area contributed by atoms with E-state index in [1.54, 1.807) is 24.3 Å². The van der Waals surface area contributed by atoms with Gasteiger partial charge in [-0.05, 0) is 38.0 Å². The average Bonchev–Trinajstić information content (AvgIpc) is 2.93. The monoisotopic (exact) mass is 322 g/mol. The van der Waals surface area contributed by atoms with Gasteiger partial charge in [0.05, 0.1) is 0 Å². The topological polar surface area (TPSA) is 85.2 Å². The maximum atomic E-state index is 12.4. The molecule has 1 aromatic carbocycles. The zero-order chi connectivity index (χ0) is 14.8. The second-order valence-electron chi connectivity index (χ2n) is 5.37. The molecule has 6 nitrogen and oxygen atoms in total. The highest BCUT2D eigenvalue weighted by molar-refractivity contribution is 5.95. The Morgan fingerprint density at radius 3 is 2.68 bits per heavy atom. The van der Waals surface area contributed by atoms with Crippen molar-refractivity contribution in [3.8, 4) is 0 Å². The quantitative estimate of drug-likeness (QED) is 0.858. The molecule has 1 aliphatic rings. The maximum absolute atomic E-state index is 12.4. The number of amides is 1. The number of nitrogen functional groups attached to an aromatic ring is 1. The molecule has 0 unspecified atom stereocenters. The second kappa shape index (κ2) is 6.79. The van der Waals surface area contributed by atoms with E-state index in [2.05, 4.69) is 10.1 Å². The number of rotatable bonds is 2. The molecule has 0 spiro atoms. The summed E-state index contributed by atoms with van der Waals surface area (Å²) in [6.07, 6.45) is 1.69. The lowest BCUT2D eigenvalue weighted by molar-refractivity contribution is 0.0704. The number of hydrogen-bond donors (Lipinski definition) is 1. The minimum Gasteiger partial charge on any atom is -0.399 e. The number of nitrogens with two attached hydrogens (primary N) is 1. The SMILES string of the molecule is Cc1noc(C2CCN(C(=O)c3cccc(N)c3)CC2)n1.Cl. The fourth-order valence-corrected chi connectivity index (χ4v) is 2.66. The molecule has 1 aromatic heterocycles. The van der Waals surface area contributed by atoms with Crippen molar-refractivity contribution in [2.75, 3.05) is 18.8 Å². The first-order valence-electron chi connectivity index (χ1n) is 7.08. The number of aromatic nitrogens is 2. The van der Waals surface area contributed by atoms with Gasteiger partial charge in [-0.3, -0.25) is 4.79 Å². The summed E-state index contributed by atoms with van der Waals surface area (Å²) in [4.78, 5) is 18.6. The molecule has 3 rings (SSSR count). The summed E-state index contributed by atoms with van der Waals surface area (Å²) in [6, 6.07) is 7.10. The first-order chi connectivity index (χ1) is 10.1. The summed E-state index contributed by atoms with van der Waals surface area (Å²) in [6.45, 7) is 3.20. The van der Waals surface area contributed by atoms with E-state index in [1.807, 2.05) is 11.8 Å². The molecule has 2 aromatic rings. The highest BCUT2D eigenvalue weighted by Crippen LogP contribution is 2.27. The Kier molecular flexibility index (Phi) is 5.03. The molecule has 0 atom stereocenters. The molecule has 0 aliphatic carbocycles. The van der Waals surface area contributed by atoms with Crippen molar-refractivity contribution in [1.82, 2.24) is 15.0 Å². The number of halogens is 1. The highest BCUT2D eigenvalue weighted by Gasteiger charge is 2.27. The number of carbonyl (C=O) groups excluding carboxylic acids is 1. The number of hydrogen-bond acceptors (Lipinski definition) is 5. The Hall–Kier alpha value is -2.08. The van der Waals surface area contributed by atoms with E-state index < -0.39 is 0 Å². The van der Waals surface area contributed by atoms with Gasteiger partial charge in [0.15, 0.2) is 5.82 Å². The Morgan fingerprint density at radius 2 is 2.09 bits per heavy atom. The van der Waals surface area contributed by atoms with E-state index in [0.29, 0.717) is 36.1 Å². The van der Waals surface area contributed by atoms with Gasteiger partial charge in [-0.15, -0.1) is 12.4 Å². The van der Waals surface area contributed by atoms with Crippen LogP contribution in [0.3, 0.4) is 0 Å². The van der Waals surface area contributed by atoms with Gasteiger partial charge in [0.2, 0.25) is 5.89 Å². The van der Waals surface area contributed by atoms with Crippen molar-refractivity contribution < 1.29 is 9.32 Å². The smallest absolute Gasteiger partial charge is 0.253 e. The maximum Gasteiger partial charge on any atom is 0.253 e. The van der Waals surface area contributed by atoms with Crippen LogP contribution in [-0.2, 0) is 0 Å². The molecule has 1 saturated heterocycles. The summed E-state index contributed by atoms with van der Waals surface area (Å²) in [5.74, 6) is 1.62. The lowest BCUT2D eigenvalue weighted by Gasteiger charge is -2.30. The fourth-order valence-electron chi connectivity index (χ4n) is 2.66. The van der Waals surface area contributed by atoms with E-state index in [0.717, 1.165) is 12.8 Å².